The van der Waals surface area contributed by atoms with E-state index in [1.807, 2.05) is 0 Å². The van der Waals surface area contributed by atoms with E-state index in [0.29, 0.717) is 5.02 Å². The summed E-state index contributed by atoms with van der Waals surface area (Å²) in [5.74, 6) is 0.102. The van der Waals surface area contributed by atoms with Gasteiger partial charge in [0, 0.05) is 40.6 Å². The summed E-state index contributed by atoms with van der Waals surface area (Å²) in [6.45, 7) is 0. The van der Waals surface area contributed by atoms with Crippen LogP contribution in [0, 0.1) is 0 Å². The zero-order valence-corrected chi connectivity index (χ0v) is 10.5. The maximum atomic E-state index is 10.4. The number of nitrogens with two attached hydrogens (primary N) is 1. The van der Waals surface area contributed by atoms with E-state index in [0.717, 1.165) is 0 Å². The van der Waals surface area contributed by atoms with Crippen LogP contribution < -0.4 is 9.32 Å². The molecule has 0 fully saturated rings. The van der Waals surface area contributed by atoms with Crippen LogP contribution in [0.5, 0.6) is 5.75 Å². The first-order valence-corrected chi connectivity index (χ1v) is 4.80. The van der Waals surface area contributed by atoms with E-state index in [2.05, 4.69) is 9.32 Å². The van der Waals surface area contributed by atoms with Crippen LogP contribution in [-0.4, -0.2) is 38.0 Å². The summed E-state index contributed by atoms with van der Waals surface area (Å²) in [7, 11) is -3.95. The monoisotopic (exact) mass is 230 g/mol. The van der Waals surface area contributed by atoms with Crippen molar-refractivity contribution in [3.63, 3.8) is 0 Å². The van der Waals surface area contributed by atoms with Gasteiger partial charge in [-0.3, -0.25) is 0 Å². The molecular formula is C6H6ClNNaO3S. The SMILES string of the molecule is NS(=O)(=O)Oc1cccc(Cl)c1.[Na]. The minimum Gasteiger partial charge on any atom is -0.371 e. The van der Waals surface area contributed by atoms with Crippen LogP contribution in [0.2, 0.25) is 5.02 Å². The Balaban J connectivity index is 0.00000144. The second-order valence-corrected chi connectivity index (χ2v) is 3.62. The maximum Gasteiger partial charge on any atom is 0.380 e. The maximum absolute atomic E-state index is 10.4. The minimum absolute atomic E-state index is 0. The number of benzene rings is 1. The molecule has 7 heteroatoms. The van der Waals surface area contributed by atoms with Gasteiger partial charge in [0.2, 0.25) is 0 Å². The van der Waals surface area contributed by atoms with Crippen LogP contribution in [0.15, 0.2) is 24.3 Å². The molecule has 0 aromatic heterocycles. The normalized spacial score (nSPS) is 10.3. The fraction of sp³-hybridized carbons (Fsp3) is 0. The second-order valence-electron chi connectivity index (χ2n) is 2.03. The summed E-state index contributed by atoms with van der Waals surface area (Å²) in [5, 5.41) is 5.01. The molecule has 0 saturated heterocycles. The first-order valence-electron chi connectivity index (χ1n) is 2.95. The number of hydrogen-bond donors (Lipinski definition) is 1. The van der Waals surface area contributed by atoms with Crippen LogP contribution in [0.3, 0.4) is 0 Å². The van der Waals surface area contributed by atoms with Gasteiger partial charge in [-0.15, -0.1) is 0 Å². The molecule has 1 aromatic rings. The van der Waals surface area contributed by atoms with Gasteiger partial charge < -0.3 is 4.18 Å². The van der Waals surface area contributed by atoms with Crippen molar-refractivity contribution < 1.29 is 12.6 Å². The van der Waals surface area contributed by atoms with Gasteiger partial charge in [0.05, 0.1) is 0 Å². The summed E-state index contributed by atoms with van der Waals surface area (Å²) in [4.78, 5) is 0. The van der Waals surface area contributed by atoms with Crippen LogP contribution in [0.1, 0.15) is 0 Å². The summed E-state index contributed by atoms with van der Waals surface area (Å²) in [6.07, 6.45) is 0. The van der Waals surface area contributed by atoms with Gasteiger partial charge in [-0.05, 0) is 12.1 Å². The summed E-state index contributed by atoms with van der Waals surface area (Å²) in [5.41, 5.74) is 0. The molecule has 1 aromatic carbocycles. The van der Waals surface area contributed by atoms with Crippen molar-refractivity contribution in [1.82, 2.24) is 0 Å². The predicted octanol–water partition coefficient (Wildman–Crippen LogP) is 0.541. The van der Waals surface area contributed by atoms with Crippen molar-refractivity contribution in [3.05, 3.63) is 29.3 Å². The third-order valence-electron chi connectivity index (χ3n) is 1.01. The topological polar surface area (TPSA) is 69.4 Å². The van der Waals surface area contributed by atoms with Crippen molar-refractivity contribution in [2.75, 3.05) is 0 Å². The van der Waals surface area contributed by atoms with E-state index in [9.17, 15) is 8.42 Å². The van der Waals surface area contributed by atoms with Crippen molar-refractivity contribution >= 4 is 51.5 Å². The second kappa shape index (κ2) is 5.19. The first-order chi connectivity index (χ1) is 5.47. The summed E-state index contributed by atoms with van der Waals surface area (Å²) >= 11 is 5.56. The molecule has 2 N–H and O–H groups in total. The molecule has 1 radical (unpaired) electrons. The molecule has 0 heterocycles. The molecule has 0 aliphatic heterocycles. The Morgan fingerprint density at radius 2 is 2.00 bits per heavy atom. The van der Waals surface area contributed by atoms with E-state index in [-0.39, 0.29) is 35.3 Å². The number of rotatable bonds is 2. The Bertz CT molecular complexity index is 381. The van der Waals surface area contributed by atoms with Gasteiger partial charge in [0.1, 0.15) is 5.75 Å². The van der Waals surface area contributed by atoms with Crippen molar-refractivity contribution in [2.45, 2.75) is 0 Å². The molecular weight excluding hydrogens is 225 g/mol. The number of halogens is 1. The predicted molar refractivity (Wildman–Crippen MR) is 50.9 cm³/mol. The average Bonchev–Trinajstić information content (AvgIpc) is 1.82. The van der Waals surface area contributed by atoms with Crippen LogP contribution in [-0.2, 0) is 10.3 Å². The number of hydrogen-bond acceptors (Lipinski definition) is 3. The van der Waals surface area contributed by atoms with Crippen LogP contribution in [0.4, 0.5) is 0 Å². The third kappa shape index (κ3) is 5.51. The van der Waals surface area contributed by atoms with Crippen molar-refractivity contribution in [3.8, 4) is 5.75 Å². The van der Waals surface area contributed by atoms with Gasteiger partial charge >= 0.3 is 10.3 Å². The molecule has 0 atom stereocenters. The van der Waals surface area contributed by atoms with E-state index in [1.165, 1.54) is 12.1 Å². The molecule has 0 spiro atoms. The summed E-state index contributed by atoms with van der Waals surface area (Å²) in [6, 6.07) is 5.95. The largest absolute Gasteiger partial charge is 0.380 e. The fourth-order valence-electron chi connectivity index (χ4n) is 0.653. The van der Waals surface area contributed by atoms with Gasteiger partial charge in [-0.2, -0.15) is 13.6 Å². The molecule has 0 amide bonds. The Labute approximate surface area is 104 Å². The Kier molecular flexibility index (Phi) is 5.28. The molecule has 0 aliphatic rings. The van der Waals surface area contributed by atoms with Crippen molar-refractivity contribution in [2.24, 2.45) is 5.14 Å². The van der Waals surface area contributed by atoms with Crippen LogP contribution >= 0.6 is 11.6 Å². The van der Waals surface area contributed by atoms with Gasteiger partial charge in [-0.1, -0.05) is 17.7 Å². The summed E-state index contributed by atoms with van der Waals surface area (Å²) < 4.78 is 25.2. The third-order valence-corrected chi connectivity index (χ3v) is 1.67. The van der Waals surface area contributed by atoms with E-state index >= 15 is 0 Å². The Morgan fingerprint density at radius 3 is 2.46 bits per heavy atom. The quantitative estimate of drug-likeness (QED) is 0.754. The smallest absolute Gasteiger partial charge is 0.371 e. The fourth-order valence-corrected chi connectivity index (χ4v) is 1.21. The minimum atomic E-state index is -3.95. The zero-order valence-electron chi connectivity index (χ0n) is 6.90. The molecule has 13 heavy (non-hydrogen) atoms. The first kappa shape index (κ1) is 13.2. The molecule has 0 aliphatic carbocycles. The zero-order chi connectivity index (χ0) is 9.19. The van der Waals surface area contributed by atoms with Gasteiger partial charge in [-0.25, -0.2) is 0 Å². The van der Waals surface area contributed by atoms with Crippen molar-refractivity contribution in [1.29, 1.82) is 0 Å². The Hall–Kier alpha value is 0.220. The standard InChI is InChI=1S/C6H6ClNO3S.Na/c7-5-2-1-3-6(4-5)11-12(8,9)10;/h1-4H,(H2,8,9,10);. The molecule has 67 valence electrons. The van der Waals surface area contributed by atoms with E-state index in [4.69, 9.17) is 11.6 Å². The Morgan fingerprint density at radius 1 is 1.38 bits per heavy atom. The molecule has 0 bridgehead atoms. The van der Waals surface area contributed by atoms with E-state index < -0.39 is 10.3 Å². The van der Waals surface area contributed by atoms with Gasteiger partial charge in [0.25, 0.3) is 0 Å². The average molecular weight is 231 g/mol. The molecule has 0 unspecified atom stereocenters. The van der Waals surface area contributed by atoms with Gasteiger partial charge in [0.15, 0.2) is 0 Å². The van der Waals surface area contributed by atoms with E-state index in [1.54, 1.807) is 12.1 Å². The molecule has 1 rings (SSSR count). The molecule has 4 nitrogen and oxygen atoms in total. The molecule has 0 saturated carbocycles. The van der Waals surface area contributed by atoms with Crippen LogP contribution in [0.25, 0.3) is 0 Å².